The van der Waals surface area contributed by atoms with Crippen LogP contribution in [0.15, 0.2) is 41.6 Å². The molecule has 8 heteroatoms. The van der Waals surface area contributed by atoms with Crippen LogP contribution in [0.25, 0.3) is 10.2 Å². The van der Waals surface area contributed by atoms with Gasteiger partial charge in [0.2, 0.25) is 11.9 Å². The lowest BCUT2D eigenvalue weighted by atomic mass is 10.00. The van der Waals surface area contributed by atoms with Crippen molar-refractivity contribution in [1.29, 1.82) is 0 Å². The molecule has 3 aromatic heterocycles. The van der Waals surface area contributed by atoms with E-state index in [2.05, 4.69) is 27.2 Å². The fourth-order valence-electron chi connectivity index (χ4n) is 2.75. The van der Waals surface area contributed by atoms with Crippen molar-refractivity contribution >= 4 is 55.6 Å². The van der Waals surface area contributed by atoms with Gasteiger partial charge < -0.3 is 15.5 Å². The Bertz CT molecular complexity index is 899. The van der Waals surface area contributed by atoms with E-state index < -0.39 is 0 Å². The lowest BCUT2D eigenvalue weighted by molar-refractivity contribution is -0.131. The molecule has 0 bridgehead atoms. The number of carbonyl (C=O) groups excluding carboxylic acids is 1. The summed E-state index contributed by atoms with van der Waals surface area (Å²) < 4.78 is 1.05. The Morgan fingerprint density at radius 2 is 2.20 bits per heavy atom. The topological polar surface area (TPSA) is 70.2 Å². The number of aromatic nitrogens is 2. The van der Waals surface area contributed by atoms with Crippen molar-refractivity contribution in [3.8, 4) is 0 Å². The summed E-state index contributed by atoms with van der Waals surface area (Å²) in [5.41, 5.74) is 0.929. The van der Waals surface area contributed by atoms with Gasteiger partial charge >= 0.3 is 0 Å². The summed E-state index contributed by atoms with van der Waals surface area (Å²) in [4.78, 5) is 22.5. The van der Waals surface area contributed by atoms with E-state index in [1.807, 2.05) is 29.0 Å². The molecule has 0 atom stereocenters. The van der Waals surface area contributed by atoms with Crippen LogP contribution in [0.1, 0.15) is 0 Å². The normalized spacial score (nSPS) is 14.3. The third-order valence-corrected chi connectivity index (χ3v) is 5.76. The lowest BCUT2D eigenvalue weighted by Gasteiger charge is -2.38. The second-order valence-corrected chi connectivity index (χ2v) is 7.69. The molecule has 0 saturated carbocycles. The maximum Gasteiger partial charge on any atom is 0.245 e. The second-order valence-electron chi connectivity index (χ2n) is 5.83. The molecule has 3 aromatic rings. The fourth-order valence-corrected chi connectivity index (χ4v) is 4.16. The maximum atomic E-state index is 11.5. The Morgan fingerprint density at radius 3 is 2.96 bits per heavy atom. The molecule has 128 valence electrons. The quantitative estimate of drug-likeness (QED) is 0.649. The average Bonchev–Trinajstić information content (AvgIpc) is 3.24. The molecule has 1 saturated heterocycles. The first-order chi connectivity index (χ1) is 12.2. The monoisotopic (exact) mass is 371 g/mol. The van der Waals surface area contributed by atoms with Crippen LogP contribution in [-0.4, -0.2) is 40.4 Å². The number of fused-ring (bicyclic) bond motifs is 1. The number of hydrogen-bond acceptors (Lipinski definition) is 7. The van der Waals surface area contributed by atoms with Crippen LogP contribution >= 0.6 is 22.7 Å². The van der Waals surface area contributed by atoms with Crippen LogP contribution in [-0.2, 0) is 4.79 Å². The summed E-state index contributed by atoms with van der Waals surface area (Å²) in [6.07, 6.45) is 1.37. The first-order valence-corrected chi connectivity index (χ1v) is 9.70. The third-order valence-electron chi connectivity index (χ3n) is 4.06. The van der Waals surface area contributed by atoms with Crippen molar-refractivity contribution in [2.75, 3.05) is 30.3 Å². The summed E-state index contributed by atoms with van der Waals surface area (Å²) in [7, 11) is 0. The SMILES string of the molecule is C=CC(=O)N1CC(CNc2nc(Nc3cccs3)nc3ccsc23)C1. The van der Waals surface area contributed by atoms with E-state index in [4.69, 9.17) is 0 Å². The Labute approximate surface area is 153 Å². The van der Waals surface area contributed by atoms with Gasteiger partial charge in [-0.1, -0.05) is 6.58 Å². The first-order valence-electron chi connectivity index (χ1n) is 7.94. The molecular formula is C17H17N5OS2. The van der Waals surface area contributed by atoms with Gasteiger partial charge in [0.1, 0.15) is 5.82 Å². The van der Waals surface area contributed by atoms with Crippen molar-refractivity contribution in [2.24, 2.45) is 5.92 Å². The Kier molecular flexibility index (Phi) is 4.37. The van der Waals surface area contributed by atoms with Gasteiger partial charge in [-0.15, -0.1) is 22.7 Å². The number of thiophene rings is 2. The van der Waals surface area contributed by atoms with Crippen LogP contribution in [0.5, 0.6) is 0 Å². The number of nitrogens with zero attached hydrogens (tertiary/aromatic N) is 3. The van der Waals surface area contributed by atoms with Gasteiger partial charge in [0.05, 0.1) is 15.2 Å². The van der Waals surface area contributed by atoms with Crippen LogP contribution in [0, 0.1) is 5.92 Å². The Hall–Kier alpha value is -2.45. The van der Waals surface area contributed by atoms with Gasteiger partial charge in [0, 0.05) is 25.6 Å². The number of anilines is 3. The highest BCUT2D eigenvalue weighted by atomic mass is 32.1. The molecule has 0 aromatic carbocycles. The molecule has 2 N–H and O–H groups in total. The first kappa shape index (κ1) is 16.0. The summed E-state index contributed by atoms with van der Waals surface area (Å²) in [5, 5.41) is 11.7. The maximum absolute atomic E-state index is 11.5. The van der Waals surface area contributed by atoms with E-state index in [9.17, 15) is 4.79 Å². The highest BCUT2D eigenvalue weighted by molar-refractivity contribution is 7.17. The summed E-state index contributed by atoms with van der Waals surface area (Å²) in [6, 6.07) is 5.99. The average molecular weight is 371 g/mol. The number of nitrogens with one attached hydrogen (secondary N) is 2. The van der Waals surface area contributed by atoms with Gasteiger partial charge in [-0.25, -0.2) is 4.98 Å². The zero-order valence-electron chi connectivity index (χ0n) is 13.4. The standard InChI is InChI=1S/C17H17N5OS2/c1-2-14(23)22-9-11(10-22)8-18-16-15-12(5-7-25-15)19-17(21-16)20-13-4-3-6-24-13/h2-7,11H,1,8-10H2,(H2,18,19,20,21). The van der Waals surface area contributed by atoms with E-state index in [-0.39, 0.29) is 5.91 Å². The summed E-state index contributed by atoms with van der Waals surface area (Å²) >= 11 is 3.24. The van der Waals surface area contributed by atoms with Crippen LogP contribution in [0.2, 0.25) is 0 Å². The van der Waals surface area contributed by atoms with Crippen molar-refractivity contribution < 1.29 is 4.79 Å². The number of hydrogen-bond donors (Lipinski definition) is 2. The lowest BCUT2D eigenvalue weighted by Crippen LogP contribution is -2.51. The molecule has 1 fully saturated rings. The van der Waals surface area contributed by atoms with E-state index >= 15 is 0 Å². The largest absolute Gasteiger partial charge is 0.368 e. The minimum absolute atomic E-state index is 0.00127. The molecule has 0 unspecified atom stereocenters. The molecule has 0 spiro atoms. The molecule has 0 radical (unpaired) electrons. The van der Waals surface area contributed by atoms with E-state index in [0.717, 1.165) is 40.7 Å². The van der Waals surface area contributed by atoms with E-state index in [1.165, 1.54) is 6.08 Å². The highest BCUT2D eigenvalue weighted by Gasteiger charge is 2.29. The zero-order valence-corrected chi connectivity index (χ0v) is 15.1. The predicted octanol–water partition coefficient (Wildman–Crippen LogP) is 3.55. The zero-order chi connectivity index (χ0) is 17.2. The molecule has 6 nitrogen and oxygen atoms in total. The molecular weight excluding hydrogens is 354 g/mol. The van der Waals surface area contributed by atoms with E-state index in [0.29, 0.717) is 11.9 Å². The molecule has 1 aliphatic heterocycles. The summed E-state index contributed by atoms with van der Waals surface area (Å²) in [5.74, 6) is 1.87. The van der Waals surface area contributed by atoms with Crippen molar-refractivity contribution in [3.05, 3.63) is 41.6 Å². The number of rotatable bonds is 6. The Morgan fingerprint density at radius 1 is 1.32 bits per heavy atom. The van der Waals surface area contributed by atoms with Gasteiger partial charge in [-0.3, -0.25) is 4.79 Å². The minimum Gasteiger partial charge on any atom is -0.368 e. The smallest absolute Gasteiger partial charge is 0.245 e. The van der Waals surface area contributed by atoms with Gasteiger partial charge in [0.25, 0.3) is 0 Å². The fraction of sp³-hybridized carbons (Fsp3) is 0.235. The van der Waals surface area contributed by atoms with Gasteiger partial charge in [0.15, 0.2) is 0 Å². The third kappa shape index (κ3) is 3.35. The molecule has 0 aliphatic carbocycles. The predicted molar refractivity (Wildman–Crippen MR) is 104 cm³/mol. The number of amides is 1. The van der Waals surface area contributed by atoms with Crippen molar-refractivity contribution in [2.45, 2.75) is 0 Å². The van der Waals surface area contributed by atoms with Gasteiger partial charge in [-0.2, -0.15) is 4.98 Å². The highest BCUT2D eigenvalue weighted by Crippen LogP contribution is 2.29. The second kappa shape index (κ2) is 6.81. The molecule has 4 heterocycles. The molecule has 4 rings (SSSR count). The van der Waals surface area contributed by atoms with E-state index in [1.54, 1.807) is 27.6 Å². The Balaban J connectivity index is 1.46. The van der Waals surface area contributed by atoms with Gasteiger partial charge in [-0.05, 0) is 35.0 Å². The van der Waals surface area contributed by atoms with Crippen molar-refractivity contribution in [1.82, 2.24) is 14.9 Å². The number of likely N-dealkylation sites (tertiary alicyclic amines) is 1. The van der Waals surface area contributed by atoms with Crippen LogP contribution in [0.4, 0.5) is 16.8 Å². The molecule has 1 aliphatic rings. The van der Waals surface area contributed by atoms with Crippen LogP contribution < -0.4 is 10.6 Å². The summed E-state index contributed by atoms with van der Waals surface area (Å²) in [6.45, 7) is 5.82. The van der Waals surface area contributed by atoms with Crippen LogP contribution in [0.3, 0.4) is 0 Å². The molecule has 1 amide bonds. The number of carbonyl (C=O) groups is 1. The molecule has 25 heavy (non-hydrogen) atoms. The minimum atomic E-state index is 0.00127. The van der Waals surface area contributed by atoms with Crippen molar-refractivity contribution in [3.63, 3.8) is 0 Å².